The number of rotatable bonds is 4. The van der Waals surface area contributed by atoms with Crippen LogP contribution in [0.2, 0.25) is 0 Å². The lowest BCUT2D eigenvalue weighted by Crippen LogP contribution is -2.50. The number of carbonyl (C=O) groups excluding carboxylic acids is 2. The van der Waals surface area contributed by atoms with Crippen molar-refractivity contribution in [3.05, 3.63) is 0 Å². The number of methoxy groups -OCH3 is 1. The minimum atomic E-state index is -0.123. The smallest absolute Gasteiger partial charge is 0.230 e. The van der Waals surface area contributed by atoms with E-state index in [2.05, 4.69) is 12.2 Å². The zero-order chi connectivity index (χ0) is 13.1. The van der Waals surface area contributed by atoms with Gasteiger partial charge >= 0.3 is 0 Å². The predicted octanol–water partition coefficient (Wildman–Crippen LogP) is 1.74. The first kappa shape index (κ1) is 13.5. The van der Waals surface area contributed by atoms with Crippen LogP contribution in [-0.2, 0) is 14.3 Å². The lowest BCUT2D eigenvalue weighted by atomic mass is 9.71. The van der Waals surface area contributed by atoms with E-state index in [1.54, 1.807) is 7.11 Å². The fourth-order valence-electron chi connectivity index (χ4n) is 3.63. The fraction of sp³-hybridized carbons (Fsp3) is 0.857. The Bertz CT molecular complexity index is 323. The topological polar surface area (TPSA) is 55.4 Å². The second kappa shape index (κ2) is 5.83. The SMILES string of the molecule is COCC(C)C1CC(=O)NC(=O)C1C1CCCC1. The van der Waals surface area contributed by atoms with E-state index in [1.807, 2.05) is 0 Å². The molecule has 18 heavy (non-hydrogen) atoms. The summed E-state index contributed by atoms with van der Waals surface area (Å²) < 4.78 is 5.20. The summed E-state index contributed by atoms with van der Waals surface area (Å²) in [5.74, 6) is 0.705. The van der Waals surface area contributed by atoms with Gasteiger partial charge in [-0.1, -0.05) is 19.8 Å². The van der Waals surface area contributed by atoms with Crippen LogP contribution in [-0.4, -0.2) is 25.5 Å². The molecule has 1 aliphatic heterocycles. The van der Waals surface area contributed by atoms with Crippen molar-refractivity contribution >= 4 is 11.8 Å². The number of hydrogen-bond acceptors (Lipinski definition) is 3. The van der Waals surface area contributed by atoms with Gasteiger partial charge in [0.15, 0.2) is 0 Å². The molecule has 2 aliphatic rings. The van der Waals surface area contributed by atoms with Crippen molar-refractivity contribution in [2.24, 2.45) is 23.7 Å². The largest absolute Gasteiger partial charge is 0.384 e. The van der Waals surface area contributed by atoms with Crippen molar-refractivity contribution < 1.29 is 14.3 Å². The molecule has 1 N–H and O–H groups in total. The first-order valence-electron chi connectivity index (χ1n) is 6.96. The number of amides is 2. The third kappa shape index (κ3) is 2.74. The van der Waals surface area contributed by atoms with Crippen molar-refractivity contribution in [3.8, 4) is 0 Å². The van der Waals surface area contributed by atoms with E-state index in [0.29, 0.717) is 18.9 Å². The molecule has 2 amide bonds. The molecule has 1 saturated carbocycles. The Labute approximate surface area is 108 Å². The molecule has 0 aromatic heterocycles. The van der Waals surface area contributed by atoms with Crippen molar-refractivity contribution in [2.75, 3.05) is 13.7 Å². The van der Waals surface area contributed by atoms with Crippen molar-refractivity contribution in [2.45, 2.75) is 39.0 Å². The third-order valence-electron chi connectivity index (χ3n) is 4.52. The maximum atomic E-state index is 12.1. The van der Waals surface area contributed by atoms with Gasteiger partial charge in [-0.05, 0) is 30.6 Å². The number of nitrogens with one attached hydrogen (secondary N) is 1. The predicted molar refractivity (Wildman–Crippen MR) is 67.7 cm³/mol. The summed E-state index contributed by atoms with van der Waals surface area (Å²) in [5.41, 5.74) is 0. The van der Waals surface area contributed by atoms with Crippen LogP contribution in [0.25, 0.3) is 0 Å². The van der Waals surface area contributed by atoms with Gasteiger partial charge in [0.25, 0.3) is 0 Å². The van der Waals surface area contributed by atoms with Crippen LogP contribution in [0, 0.1) is 23.7 Å². The zero-order valence-corrected chi connectivity index (χ0v) is 11.3. The van der Waals surface area contributed by atoms with Crippen molar-refractivity contribution in [3.63, 3.8) is 0 Å². The Kier molecular flexibility index (Phi) is 4.38. The lowest BCUT2D eigenvalue weighted by Gasteiger charge is -2.37. The molecule has 2 rings (SSSR count). The average Bonchev–Trinajstić information content (AvgIpc) is 2.81. The molecule has 4 heteroatoms. The third-order valence-corrected chi connectivity index (χ3v) is 4.52. The molecule has 1 aliphatic carbocycles. The molecule has 0 aromatic rings. The Morgan fingerprint density at radius 1 is 1.33 bits per heavy atom. The van der Waals surface area contributed by atoms with Crippen LogP contribution in [0.5, 0.6) is 0 Å². The summed E-state index contributed by atoms with van der Waals surface area (Å²) >= 11 is 0. The average molecular weight is 253 g/mol. The zero-order valence-electron chi connectivity index (χ0n) is 11.3. The Balaban J connectivity index is 2.14. The summed E-state index contributed by atoms with van der Waals surface area (Å²) in [4.78, 5) is 23.7. The summed E-state index contributed by atoms with van der Waals surface area (Å²) in [6, 6.07) is 0. The summed E-state index contributed by atoms with van der Waals surface area (Å²) in [7, 11) is 1.67. The van der Waals surface area contributed by atoms with Crippen LogP contribution in [0.4, 0.5) is 0 Å². The standard InChI is InChI=1S/C14H23NO3/c1-9(8-18-2)11-7-12(16)15-14(17)13(11)10-5-3-4-6-10/h9-11,13H,3-8H2,1-2H3,(H,15,16,17). The van der Waals surface area contributed by atoms with Crippen LogP contribution in [0.15, 0.2) is 0 Å². The van der Waals surface area contributed by atoms with Crippen LogP contribution in [0.3, 0.4) is 0 Å². The minimum absolute atomic E-state index is 0.00958. The van der Waals surface area contributed by atoms with E-state index in [-0.39, 0.29) is 29.6 Å². The first-order chi connectivity index (χ1) is 8.63. The fourth-order valence-corrected chi connectivity index (χ4v) is 3.63. The first-order valence-corrected chi connectivity index (χ1v) is 6.96. The van der Waals surface area contributed by atoms with E-state index >= 15 is 0 Å². The highest BCUT2D eigenvalue weighted by atomic mass is 16.5. The molecule has 3 unspecified atom stereocenters. The van der Waals surface area contributed by atoms with Gasteiger partial charge in [0.05, 0.1) is 0 Å². The van der Waals surface area contributed by atoms with Gasteiger partial charge in [0, 0.05) is 26.1 Å². The summed E-state index contributed by atoms with van der Waals surface area (Å²) in [6.45, 7) is 2.70. The number of carbonyl (C=O) groups is 2. The van der Waals surface area contributed by atoms with Crippen LogP contribution >= 0.6 is 0 Å². The van der Waals surface area contributed by atoms with Gasteiger partial charge in [0.1, 0.15) is 0 Å². The van der Waals surface area contributed by atoms with Gasteiger partial charge in [0.2, 0.25) is 11.8 Å². The highest BCUT2D eigenvalue weighted by molar-refractivity contribution is 5.99. The number of hydrogen-bond donors (Lipinski definition) is 1. The van der Waals surface area contributed by atoms with Gasteiger partial charge in [-0.15, -0.1) is 0 Å². The maximum Gasteiger partial charge on any atom is 0.230 e. The molecule has 0 bridgehead atoms. The summed E-state index contributed by atoms with van der Waals surface area (Å²) in [6.07, 6.45) is 5.16. The van der Waals surface area contributed by atoms with E-state index < -0.39 is 0 Å². The molecular weight excluding hydrogens is 230 g/mol. The molecule has 2 fully saturated rings. The lowest BCUT2D eigenvalue weighted by molar-refractivity contribution is -0.142. The highest BCUT2D eigenvalue weighted by Gasteiger charge is 2.43. The second-order valence-electron chi connectivity index (χ2n) is 5.78. The second-order valence-corrected chi connectivity index (χ2v) is 5.78. The van der Waals surface area contributed by atoms with E-state index in [0.717, 1.165) is 12.8 Å². The monoisotopic (exact) mass is 253 g/mol. The highest BCUT2D eigenvalue weighted by Crippen LogP contribution is 2.41. The Hall–Kier alpha value is -0.900. The number of ether oxygens (including phenoxy) is 1. The van der Waals surface area contributed by atoms with E-state index in [1.165, 1.54) is 12.8 Å². The molecule has 1 saturated heterocycles. The maximum absolute atomic E-state index is 12.1. The molecule has 4 nitrogen and oxygen atoms in total. The molecule has 1 heterocycles. The Morgan fingerprint density at radius 2 is 2.00 bits per heavy atom. The van der Waals surface area contributed by atoms with Crippen LogP contribution < -0.4 is 5.32 Å². The number of piperidine rings is 1. The molecular formula is C14H23NO3. The van der Waals surface area contributed by atoms with Crippen molar-refractivity contribution in [1.29, 1.82) is 0 Å². The molecule has 0 radical (unpaired) electrons. The van der Waals surface area contributed by atoms with E-state index in [4.69, 9.17) is 4.74 Å². The van der Waals surface area contributed by atoms with Crippen molar-refractivity contribution in [1.82, 2.24) is 5.32 Å². The number of imide groups is 1. The molecule has 102 valence electrons. The van der Waals surface area contributed by atoms with Gasteiger partial charge in [-0.3, -0.25) is 14.9 Å². The molecule has 0 spiro atoms. The minimum Gasteiger partial charge on any atom is -0.384 e. The Morgan fingerprint density at radius 3 is 2.61 bits per heavy atom. The molecule has 3 atom stereocenters. The van der Waals surface area contributed by atoms with Gasteiger partial charge in [-0.2, -0.15) is 0 Å². The van der Waals surface area contributed by atoms with Gasteiger partial charge in [-0.25, -0.2) is 0 Å². The molecule has 0 aromatic carbocycles. The summed E-state index contributed by atoms with van der Waals surface area (Å²) in [5, 5.41) is 2.51. The van der Waals surface area contributed by atoms with Gasteiger partial charge < -0.3 is 4.74 Å². The normalized spacial score (nSPS) is 31.4. The van der Waals surface area contributed by atoms with E-state index in [9.17, 15) is 9.59 Å². The quantitative estimate of drug-likeness (QED) is 0.776. The van der Waals surface area contributed by atoms with Crippen LogP contribution in [0.1, 0.15) is 39.0 Å².